The lowest BCUT2D eigenvalue weighted by molar-refractivity contribution is 0.0600. The molecule has 2 heterocycles. The summed E-state index contributed by atoms with van der Waals surface area (Å²) in [6.45, 7) is 3.71. The van der Waals surface area contributed by atoms with Crippen LogP contribution in [-0.4, -0.2) is 35.2 Å². The van der Waals surface area contributed by atoms with E-state index in [2.05, 4.69) is 5.10 Å². The molecule has 0 saturated carbocycles. The average molecular weight is 628 g/mol. The maximum atomic E-state index is 14.9. The van der Waals surface area contributed by atoms with E-state index < -0.39 is 21.8 Å². The molecule has 0 atom stereocenters. The van der Waals surface area contributed by atoms with Crippen LogP contribution in [0, 0.1) is 19.7 Å². The van der Waals surface area contributed by atoms with E-state index in [1.165, 1.54) is 35.3 Å². The summed E-state index contributed by atoms with van der Waals surface area (Å²) in [5, 5.41) is 5.26. The van der Waals surface area contributed by atoms with Gasteiger partial charge >= 0.3 is 5.97 Å². The molecule has 7 nitrogen and oxygen atoms in total. The summed E-state index contributed by atoms with van der Waals surface area (Å²) in [6.07, 6.45) is 1.80. The van der Waals surface area contributed by atoms with Crippen molar-refractivity contribution in [2.24, 2.45) is 7.05 Å². The molecule has 6 rings (SSSR count). The third kappa shape index (κ3) is 4.98. The van der Waals surface area contributed by atoms with Crippen LogP contribution in [0.15, 0.2) is 96.0 Å². The van der Waals surface area contributed by atoms with Crippen molar-refractivity contribution in [2.75, 3.05) is 7.11 Å². The maximum Gasteiger partial charge on any atom is 0.337 e. The van der Waals surface area contributed by atoms with Crippen LogP contribution < -0.4 is 0 Å². The van der Waals surface area contributed by atoms with Gasteiger partial charge in [0.1, 0.15) is 5.82 Å². The van der Waals surface area contributed by atoms with E-state index in [9.17, 15) is 17.6 Å². The Morgan fingerprint density at radius 2 is 1.64 bits per heavy atom. The zero-order valence-corrected chi connectivity index (χ0v) is 25.9. The number of halogens is 2. The smallest absolute Gasteiger partial charge is 0.337 e. The van der Waals surface area contributed by atoms with Crippen molar-refractivity contribution in [3.63, 3.8) is 0 Å². The van der Waals surface area contributed by atoms with Crippen LogP contribution in [0.1, 0.15) is 21.6 Å². The molecule has 0 aliphatic heterocycles. The molecule has 0 radical (unpaired) electrons. The summed E-state index contributed by atoms with van der Waals surface area (Å²) in [7, 11) is -1.11. The number of benzene rings is 4. The third-order valence-electron chi connectivity index (χ3n) is 7.57. The van der Waals surface area contributed by atoms with E-state index in [1.54, 1.807) is 66.5 Å². The monoisotopic (exact) mass is 627 g/mol. The average Bonchev–Trinajstić information content (AvgIpc) is 3.52. The van der Waals surface area contributed by atoms with Crippen molar-refractivity contribution in [2.45, 2.75) is 18.7 Å². The van der Waals surface area contributed by atoms with Crippen molar-refractivity contribution < 1.29 is 22.3 Å². The normalized spacial score (nSPS) is 11.7. The van der Waals surface area contributed by atoms with E-state index in [0.29, 0.717) is 60.7 Å². The molecule has 0 N–H and O–H groups in total. The molecule has 10 heteroatoms. The molecule has 0 bridgehead atoms. The standard InChI is InChI=1S/C34H27ClFN3O4S/c1-20-8-12-26(13-9-20)44(41,42)39-31-15-11-25(36)18-28(31)32(29-19-38(3)37-21(29)2)33(39)23-7-5-6-22(16-23)27-14-10-24(17-30(27)35)34(40)43-4/h5-19H,1-4H3. The number of esters is 1. The first-order valence-electron chi connectivity index (χ1n) is 13.6. The second-order valence-corrected chi connectivity index (χ2v) is 12.7. The molecule has 6 aromatic rings. The van der Waals surface area contributed by atoms with Crippen LogP contribution in [0.25, 0.3) is 44.4 Å². The molecule has 0 spiro atoms. The van der Waals surface area contributed by atoms with Gasteiger partial charge in [-0.2, -0.15) is 5.10 Å². The Kier molecular flexibility index (Phi) is 7.39. The number of methoxy groups -OCH3 is 1. The minimum absolute atomic E-state index is 0.0950. The number of nitrogens with zero attached hydrogens (tertiary/aromatic N) is 3. The number of aryl methyl sites for hydroxylation is 3. The highest BCUT2D eigenvalue weighted by molar-refractivity contribution is 7.90. The fourth-order valence-corrected chi connectivity index (χ4v) is 7.34. The van der Waals surface area contributed by atoms with Gasteiger partial charge in [-0.25, -0.2) is 21.6 Å². The van der Waals surface area contributed by atoms with Gasteiger partial charge < -0.3 is 4.74 Å². The number of hydrogen-bond donors (Lipinski definition) is 0. The molecule has 0 amide bonds. The quantitative estimate of drug-likeness (QED) is 0.176. The summed E-state index contributed by atoms with van der Waals surface area (Å²) >= 11 is 6.63. The van der Waals surface area contributed by atoms with Crippen LogP contribution in [0.2, 0.25) is 5.02 Å². The largest absolute Gasteiger partial charge is 0.465 e. The molecule has 222 valence electrons. The zero-order valence-electron chi connectivity index (χ0n) is 24.3. The fraction of sp³-hybridized carbons (Fsp3) is 0.118. The topological polar surface area (TPSA) is 83.2 Å². The molecule has 2 aromatic heterocycles. The number of ether oxygens (including phenoxy) is 1. The molecule has 0 fully saturated rings. The van der Waals surface area contributed by atoms with E-state index in [0.717, 1.165) is 5.56 Å². The first-order valence-corrected chi connectivity index (χ1v) is 15.5. The summed E-state index contributed by atoms with van der Waals surface area (Å²) in [5.74, 6) is -1.01. The molecule has 0 saturated heterocycles. The predicted octanol–water partition coefficient (Wildman–Crippen LogP) is 7.81. The number of aromatic nitrogens is 3. The summed E-state index contributed by atoms with van der Waals surface area (Å²) in [6, 6.07) is 22.9. The number of carbonyl (C=O) groups is 1. The Morgan fingerprint density at radius 3 is 2.30 bits per heavy atom. The summed E-state index contributed by atoms with van der Waals surface area (Å²) in [4.78, 5) is 12.2. The van der Waals surface area contributed by atoms with Crippen molar-refractivity contribution in [1.29, 1.82) is 0 Å². The highest BCUT2D eigenvalue weighted by atomic mass is 35.5. The van der Waals surface area contributed by atoms with Gasteiger partial charge in [-0.1, -0.05) is 53.6 Å². The lowest BCUT2D eigenvalue weighted by Gasteiger charge is -2.15. The predicted molar refractivity (Wildman–Crippen MR) is 170 cm³/mol. The second-order valence-electron chi connectivity index (χ2n) is 10.5. The van der Waals surface area contributed by atoms with Crippen LogP contribution in [0.5, 0.6) is 0 Å². The van der Waals surface area contributed by atoms with Gasteiger partial charge in [-0.15, -0.1) is 0 Å². The van der Waals surface area contributed by atoms with E-state index in [4.69, 9.17) is 16.3 Å². The van der Waals surface area contributed by atoms with Crippen molar-refractivity contribution in [3.8, 4) is 33.5 Å². The number of rotatable bonds is 6. The van der Waals surface area contributed by atoms with Crippen LogP contribution in [0.4, 0.5) is 4.39 Å². The van der Waals surface area contributed by atoms with Crippen LogP contribution in [0.3, 0.4) is 0 Å². The van der Waals surface area contributed by atoms with Gasteiger partial charge in [0.15, 0.2) is 0 Å². The Labute approximate surface area is 259 Å². The van der Waals surface area contributed by atoms with Crippen molar-refractivity contribution in [3.05, 3.63) is 119 Å². The Hall–Kier alpha value is -4.73. The molecule has 44 heavy (non-hydrogen) atoms. The first-order chi connectivity index (χ1) is 21.0. The number of hydrogen-bond acceptors (Lipinski definition) is 5. The number of fused-ring (bicyclic) bond motifs is 1. The molecule has 0 aliphatic carbocycles. The van der Waals surface area contributed by atoms with E-state index >= 15 is 0 Å². The van der Waals surface area contributed by atoms with Gasteiger partial charge in [0, 0.05) is 45.9 Å². The van der Waals surface area contributed by atoms with Crippen LogP contribution in [-0.2, 0) is 21.8 Å². The molecule has 0 unspecified atom stereocenters. The van der Waals surface area contributed by atoms with Gasteiger partial charge in [0.25, 0.3) is 10.0 Å². The highest BCUT2D eigenvalue weighted by Gasteiger charge is 2.30. The molecule has 4 aromatic carbocycles. The summed E-state index contributed by atoms with van der Waals surface area (Å²) in [5.41, 5.74) is 5.63. The highest BCUT2D eigenvalue weighted by Crippen LogP contribution is 2.45. The zero-order chi connectivity index (χ0) is 31.3. The van der Waals surface area contributed by atoms with Gasteiger partial charge in [0.05, 0.1) is 34.5 Å². The maximum absolute atomic E-state index is 14.9. The number of carbonyl (C=O) groups excluding carboxylic acids is 1. The third-order valence-corrected chi connectivity index (χ3v) is 9.61. The first kappa shape index (κ1) is 29.3. The Morgan fingerprint density at radius 1 is 0.909 bits per heavy atom. The van der Waals surface area contributed by atoms with Gasteiger partial charge in [-0.05, 0) is 67.9 Å². The Bertz CT molecular complexity index is 2200. The van der Waals surface area contributed by atoms with Gasteiger partial charge in [-0.3, -0.25) is 4.68 Å². The second kappa shape index (κ2) is 11.1. The Balaban J connectivity index is 1.70. The lowest BCUT2D eigenvalue weighted by Crippen LogP contribution is -2.14. The molecular formula is C34H27ClFN3O4S. The van der Waals surface area contributed by atoms with Gasteiger partial charge in [0.2, 0.25) is 0 Å². The fourth-order valence-electron chi connectivity index (χ4n) is 5.51. The SMILES string of the molecule is COC(=O)c1ccc(-c2cccc(-c3c(-c4cn(C)nc4C)c4cc(F)ccc4n3S(=O)(=O)c3ccc(C)cc3)c2)c(Cl)c1. The van der Waals surface area contributed by atoms with Crippen molar-refractivity contribution >= 4 is 38.5 Å². The molecular weight excluding hydrogens is 601 g/mol. The minimum atomic E-state index is -4.18. The van der Waals surface area contributed by atoms with E-state index in [-0.39, 0.29) is 4.90 Å². The lowest BCUT2D eigenvalue weighted by atomic mass is 9.96. The molecule has 0 aliphatic rings. The minimum Gasteiger partial charge on any atom is -0.465 e. The van der Waals surface area contributed by atoms with Crippen molar-refractivity contribution in [1.82, 2.24) is 13.8 Å². The van der Waals surface area contributed by atoms with E-state index in [1.807, 2.05) is 26.0 Å². The summed E-state index contributed by atoms with van der Waals surface area (Å²) < 4.78 is 51.6. The van der Waals surface area contributed by atoms with Crippen LogP contribution >= 0.6 is 11.6 Å².